The van der Waals surface area contributed by atoms with Gasteiger partial charge in [0.1, 0.15) is 5.71 Å². The molecule has 1 aromatic heterocycles. The van der Waals surface area contributed by atoms with Gasteiger partial charge < -0.3 is 15.2 Å². The Bertz CT molecular complexity index is 599. The van der Waals surface area contributed by atoms with Gasteiger partial charge in [-0.25, -0.2) is 0 Å². The molecule has 0 aliphatic rings. The van der Waals surface area contributed by atoms with E-state index in [-0.39, 0.29) is 0 Å². The molecule has 1 heterocycles. The van der Waals surface area contributed by atoms with Crippen LogP contribution in [-0.4, -0.2) is 40.4 Å². The summed E-state index contributed by atoms with van der Waals surface area (Å²) in [6, 6.07) is 3.84. The fourth-order valence-electron chi connectivity index (χ4n) is 1.38. The lowest BCUT2D eigenvalue weighted by Crippen LogP contribution is -2.17. The zero-order valence-corrected chi connectivity index (χ0v) is 14.2. The van der Waals surface area contributed by atoms with Gasteiger partial charge >= 0.3 is 0 Å². The number of nitrogens with zero attached hydrogens (tertiary/aromatic N) is 5. The lowest BCUT2D eigenvalue weighted by Gasteiger charge is -2.05. The van der Waals surface area contributed by atoms with E-state index in [0.717, 1.165) is 5.69 Å². The van der Waals surface area contributed by atoms with Crippen molar-refractivity contribution in [2.75, 3.05) is 14.1 Å². The van der Waals surface area contributed by atoms with Crippen molar-refractivity contribution in [1.82, 2.24) is 15.2 Å². The molecule has 2 N–H and O–H groups in total. The molecule has 0 saturated carbocycles. The topological polar surface area (TPSA) is 78.4 Å². The van der Waals surface area contributed by atoms with Gasteiger partial charge in [-0.15, -0.1) is 40.6 Å². The number of aryl methyl sites for hydroxylation is 1. The molecule has 0 aromatic carbocycles. The van der Waals surface area contributed by atoms with Crippen LogP contribution in [0, 0.1) is 0 Å². The summed E-state index contributed by atoms with van der Waals surface area (Å²) in [5.41, 5.74) is 2.09. The predicted octanol–water partition coefficient (Wildman–Crippen LogP) is 1.12. The first-order valence-corrected chi connectivity index (χ1v) is 7.02. The Morgan fingerprint density at radius 1 is 1.05 bits per heavy atom. The molecule has 9 heteroatoms. The van der Waals surface area contributed by atoms with E-state index < -0.39 is 0 Å². The first-order valence-electron chi connectivity index (χ1n) is 6.13. The van der Waals surface area contributed by atoms with E-state index in [1.54, 1.807) is 21.0 Å². The molecule has 7 nitrogen and oxygen atoms in total. The summed E-state index contributed by atoms with van der Waals surface area (Å²) >= 11 is 8.24. The highest BCUT2D eigenvalue weighted by atomic mass is 32.1. The maximum atomic E-state index is 4.20. The molecule has 0 saturated heterocycles. The van der Waals surface area contributed by atoms with Crippen LogP contribution < -0.4 is 10.6 Å². The van der Waals surface area contributed by atoms with Crippen LogP contribution in [0.2, 0.25) is 0 Å². The largest absolute Gasteiger partial charge is 0.366 e. The molecule has 1 rings (SSSR count). The first kappa shape index (κ1) is 17.3. The van der Waals surface area contributed by atoms with Gasteiger partial charge in [-0.05, 0) is 19.1 Å². The zero-order chi connectivity index (χ0) is 15.8. The van der Waals surface area contributed by atoms with E-state index in [4.69, 9.17) is 0 Å². The molecule has 0 amide bonds. The average molecular weight is 325 g/mol. The van der Waals surface area contributed by atoms with Gasteiger partial charge in [-0.2, -0.15) is 5.10 Å². The molecule has 21 heavy (non-hydrogen) atoms. The second kappa shape index (κ2) is 8.53. The normalized spacial score (nSPS) is 14.4. The highest BCUT2D eigenvalue weighted by molar-refractivity contribution is 7.97. The number of thiol groups is 2. The maximum Gasteiger partial charge on any atom is 0.179 e. The van der Waals surface area contributed by atoms with Gasteiger partial charge in [-0.3, -0.25) is 0 Å². The summed E-state index contributed by atoms with van der Waals surface area (Å²) in [6.07, 6.45) is 1.92. The van der Waals surface area contributed by atoms with Gasteiger partial charge in [-0.1, -0.05) is 0 Å². The van der Waals surface area contributed by atoms with Crippen molar-refractivity contribution in [2.24, 2.45) is 27.5 Å². The Kier molecular flexibility index (Phi) is 7.03. The van der Waals surface area contributed by atoms with E-state index in [2.05, 4.69) is 56.3 Å². The van der Waals surface area contributed by atoms with E-state index in [0.29, 0.717) is 21.8 Å². The lowest BCUT2D eigenvalue weighted by atomic mass is 10.2. The second-order valence-electron chi connectivity index (χ2n) is 3.99. The van der Waals surface area contributed by atoms with Crippen LogP contribution in [0.25, 0.3) is 0 Å². The van der Waals surface area contributed by atoms with E-state index in [1.807, 2.05) is 29.9 Å². The molecule has 0 unspecified atom stereocenters. The van der Waals surface area contributed by atoms with Crippen LogP contribution in [0.1, 0.15) is 12.6 Å². The highest BCUT2D eigenvalue weighted by Gasteiger charge is 2.11. The molecule has 114 valence electrons. The minimum absolute atomic E-state index is 0.406. The lowest BCUT2D eigenvalue weighted by molar-refractivity contribution is 0.914. The first-order chi connectivity index (χ1) is 9.99. The third kappa shape index (κ3) is 5.27. The molecule has 1 aromatic rings. The third-order valence-corrected chi connectivity index (χ3v) is 3.14. The van der Waals surface area contributed by atoms with Gasteiger partial charge in [0.2, 0.25) is 0 Å². The van der Waals surface area contributed by atoms with Crippen molar-refractivity contribution in [2.45, 2.75) is 6.92 Å². The van der Waals surface area contributed by atoms with Crippen molar-refractivity contribution in [1.29, 1.82) is 0 Å². The SMILES string of the molecule is CN/C(S)=N/N=C(C)/C(=N/N=C(\S)NC)c1cccn1C. The van der Waals surface area contributed by atoms with Crippen molar-refractivity contribution in [3.05, 3.63) is 24.0 Å². The highest BCUT2D eigenvalue weighted by Crippen LogP contribution is 2.05. The van der Waals surface area contributed by atoms with Crippen LogP contribution >= 0.6 is 25.3 Å². The Balaban J connectivity index is 3.24. The molecule has 0 aliphatic heterocycles. The summed E-state index contributed by atoms with van der Waals surface area (Å²) in [5, 5.41) is 22.6. The Morgan fingerprint density at radius 3 is 2.10 bits per heavy atom. The quantitative estimate of drug-likeness (QED) is 0.290. The van der Waals surface area contributed by atoms with Crippen LogP contribution in [0.5, 0.6) is 0 Å². The Hall–Kier alpha value is -1.74. The number of aromatic nitrogens is 1. The second-order valence-corrected chi connectivity index (χ2v) is 4.83. The standard InChI is InChI=1S/C12H19N7S2/c1-8(15-17-11(20)13-2)10(16-18-12(21)14-3)9-6-5-7-19(9)4/h5-7H,1-4H3,(H2,13,17,20)(H2,14,18,21)/b15-8+,16-10-. The summed E-state index contributed by atoms with van der Waals surface area (Å²) in [7, 11) is 5.35. The van der Waals surface area contributed by atoms with Crippen molar-refractivity contribution in [3.8, 4) is 0 Å². The Labute approximate surface area is 135 Å². The van der Waals surface area contributed by atoms with E-state index >= 15 is 0 Å². The zero-order valence-electron chi connectivity index (χ0n) is 12.4. The summed E-state index contributed by atoms with van der Waals surface area (Å²) in [4.78, 5) is 0. The van der Waals surface area contributed by atoms with Gasteiger partial charge in [0.15, 0.2) is 10.3 Å². The van der Waals surface area contributed by atoms with Crippen molar-refractivity contribution >= 4 is 47.0 Å². The van der Waals surface area contributed by atoms with Gasteiger partial charge in [0, 0.05) is 27.3 Å². The third-order valence-electron chi connectivity index (χ3n) is 2.52. The summed E-state index contributed by atoms with van der Waals surface area (Å²) < 4.78 is 1.92. The average Bonchev–Trinajstić information content (AvgIpc) is 2.90. The van der Waals surface area contributed by atoms with E-state index in [1.165, 1.54) is 0 Å². The number of hydrogen-bond acceptors (Lipinski definition) is 4. The molecule has 0 atom stereocenters. The molecule has 0 bridgehead atoms. The number of nitrogens with one attached hydrogen (secondary N) is 2. The number of hydrogen-bond donors (Lipinski definition) is 4. The monoisotopic (exact) mass is 325 g/mol. The maximum absolute atomic E-state index is 4.20. The molecular formula is C12H19N7S2. The fraction of sp³-hybridized carbons (Fsp3) is 0.333. The van der Waals surface area contributed by atoms with Crippen molar-refractivity contribution in [3.63, 3.8) is 0 Å². The molecule has 0 fully saturated rings. The van der Waals surface area contributed by atoms with E-state index in [9.17, 15) is 0 Å². The Morgan fingerprint density at radius 2 is 1.62 bits per heavy atom. The minimum Gasteiger partial charge on any atom is -0.366 e. The summed E-state index contributed by atoms with van der Waals surface area (Å²) in [6.45, 7) is 1.80. The summed E-state index contributed by atoms with van der Waals surface area (Å²) in [5.74, 6) is 0. The van der Waals surface area contributed by atoms with Crippen LogP contribution in [-0.2, 0) is 7.05 Å². The molecular weight excluding hydrogens is 306 g/mol. The van der Waals surface area contributed by atoms with Gasteiger partial charge in [0.05, 0.1) is 11.4 Å². The smallest absolute Gasteiger partial charge is 0.179 e. The van der Waals surface area contributed by atoms with Crippen LogP contribution in [0.4, 0.5) is 0 Å². The fourth-order valence-corrected chi connectivity index (χ4v) is 1.47. The number of rotatable bonds is 4. The molecule has 0 radical (unpaired) electrons. The number of amidine groups is 2. The molecule has 0 aliphatic carbocycles. The van der Waals surface area contributed by atoms with Gasteiger partial charge in [0.25, 0.3) is 0 Å². The van der Waals surface area contributed by atoms with Crippen LogP contribution in [0.3, 0.4) is 0 Å². The minimum atomic E-state index is 0.406. The van der Waals surface area contributed by atoms with Crippen molar-refractivity contribution < 1.29 is 0 Å². The molecule has 0 spiro atoms. The van der Waals surface area contributed by atoms with Crippen LogP contribution in [0.15, 0.2) is 38.7 Å². The predicted molar refractivity (Wildman–Crippen MR) is 96.0 cm³/mol.